The highest BCUT2D eigenvalue weighted by molar-refractivity contribution is 5.24. The van der Waals surface area contributed by atoms with Crippen molar-refractivity contribution in [2.75, 3.05) is 0 Å². The second-order valence-corrected chi connectivity index (χ2v) is 5.78. The molecule has 0 heterocycles. The Kier molecular flexibility index (Phi) is 4.22. The summed E-state index contributed by atoms with van der Waals surface area (Å²) in [5, 5.41) is 0. The maximum Gasteiger partial charge on any atom is 0.0412 e. The van der Waals surface area contributed by atoms with Crippen molar-refractivity contribution >= 4 is 0 Å². The van der Waals surface area contributed by atoms with Crippen molar-refractivity contribution in [3.8, 4) is 0 Å². The highest BCUT2D eigenvalue weighted by Crippen LogP contribution is 2.34. The fourth-order valence-corrected chi connectivity index (χ4v) is 3.15. The largest absolute Gasteiger partial charge is 0.321 e. The Morgan fingerprint density at radius 3 is 2.53 bits per heavy atom. The minimum atomic E-state index is -0.0922. The van der Waals surface area contributed by atoms with Gasteiger partial charge in [0.25, 0.3) is 0 Å². The topological polar surface area (TPSA) is 26.0 Å². The number of benzene rings is 1. The van der Waals surface area contributed by atoms with Gasteiger partial charge in [-0.1, -0.05) is 69.4 Å². The minimum absolute atomic E-state index is 0.0922. The zero-order valence-electron chi connectivity index (χ0n) is 11.0. The molecule has 2 atom stereocenters. The van der Waals surface area contributed by atoms with Gasteiger partial charge in [0.2, 0.25) is 0 Å². The third-order valence-electron chi connectivity index (χ3n) is 4.13. The Balaban J connectivity index is 2.19. The molecule has 0 aliphatic heterocycles. The first kappa shape index (κ1) is 12.6. The van der Waals surface area contributed by atoms with E-state index in [2.05, 4.69) is 37.3 Å². The fourth-order valence-electron chi connectivity index (χ4n) is 3.15. The molecular weight excluding hydrogens is 206 g/mol. The Morgan fingerprint density at radius 1 is 1.06 bits per heavy atom. The third-order valence-corrected chi connectivity index (χ3v) is 4.13. The fraction of sp³-hybridized carbons (Fsp3) is 0.625. The number of nitrogens with two attached hydrogens (primary N) is 1. The van der Waals surface area contributed by atoms with Crippen LogP contribution in [0.1, 0.15) is 57.4 Å². The Bertz CT molecular complexity index is 333. The molecule has 1 aromatic rings. The minimum Gasteiger partial charge on any atom is -0.321 e. The van der Waals surface area contributed by atoms with E-state index in [9.17, 15) is 0 Å². The van der Waals surface area contributed by atoms with Gasteiger partial charge in [-0.15, -0.1) is 0 Å². The molecule has 0 amide bonds. The van der Waals surface area contributed by atoms with Crippen molar-refractivity contribution in [3.63, 3.8) is 0 Å². The van der Waals surface area contributed by atoms with Gasteiger partial charge in [-0.3, -0.25) is 0 Å². The van der Waals surface area contributed by atoms with Crippen LogP contribution < -0.4 is 5.73 Å². The summed E-state index contributed by atoms with van der Waals surface area (Å²) in [5.74, 6) is 0.748. The van der Waals surface area contributed by atoms with Gasteiger partial charge in [0.1, 0.15) is 0 Å². The van der Waals surface area contributed by atoms with E-state index in [1.54, 1.807) is 0 Å². The van der Waals surface area contributed by atoms with E-state index in [0.29, 0.717) is 0 Å². The maximum atomic E-state index is 6.71. The summed E-state index contributed by atoms with van der Waals surface area (Å²) in [6, 6.07) is 10.7. The van der Waals surface area contributed by atoms with Crippen LogP contribution >= 0.6 is 0 Å². The standard InChI is InChI=1S/C16H25N/c1-14-9-5-2-3-8-12-16(17,13-14)15-10-6-4-7-11-15/h4,6-7,10-11,14H,2-3,5,8-9,12-13,17H2,1H3. The second kappa shape index (κ2) is 5.68. The van der Waals surface area contributed by atoms with Crippen LogP contribution in [0.15, 0.2) is 30.3 Å². The summed E-state index contributed by atoms with van der Waals surface area (Å²) in [7, 11) is 0. The third kappa shape index (κ3) is 3.32. The Hall–Kier alpha value is -0.820. The SMILES string of the molecule is CC1CCCCCCC(N)(c2ccccc2)C1. The van der Waals surface area contributed by atoms with E-state index in [4.69, 9.17) is 5.73 Å². The molecule has 0 spiro atoms. The van der Waals surface area contributed by atoms with Crippen LogP contribution in [0.2, 0.25) is 0 Å². The van der Waals surface area contributed by atoms with E-state index in [1.165, 1.54) is 37.7 Å². The first-order valence-electron chi connectivity index (χ1n) is 7.05. The van der Waals surface area contributed by atoms with E-state index in [1.807, 2.05) is 0 Å². The molecule has 1 heteroatoms. The summed E-state index contributed by atoms with van der Waals surface area (Å²) in [5.41, 5.74) is 7.94. The van der Waals surface area contributed by atoms with Crippen LogP contribution in [0.25, 0.3) is 0 Å². The molecule has 1 aromatic carbocycles. The zero-order valence-corrected chi connectivity index (χ0v) is 11.0. The lowest BCUT2D eigenvalue weighted by Gasteiger charge is -2.32. The molecule has 17 heavy (non-hydrogen) atoms. The van der Waals surface area contributed by atoms with Crippen LogP contribution in [-0.2, 0) is 5.54 Å². The normalized spacial score (nSPS) is 31.3. The average Bonchev–Trinajstić information content (AvgIpc) is 2.42. The van der Waals surface area contributed by atoms with Crippen LogP contribution in [0.5, 0.6) is 0 Å². The summed E-state index contributed by atoms with van der Waals surface area (Å²) < 4.78 is 0. The van der Waals surface area contributed by atoms with Crippen molar-refractivity contribution in [1.29, 1.82) is 0 Å². The van der Waals surface area contributed by atoms with E-state index in [-0.39, 0.29) is 5.54 Å². The van der Waals surface area contributed by atoms with Gasteiger partial charge >= 0.3 is 0 Å². The van der Waals surface area contributed by atoms with Crippen molar-refractivity contribution in [3.05, 3.63) is 35.9 Å². The summed E-state index contributed by atoms with van der Waals surface area (Å²) >= 11 is 0. The number of hydrogen-bond donors (Lipinski definition) is 1. The van der Waals surface area contributed by atoms with Gasteiger partial charge in [0, 0.05) is 5.54 Å². The first-order chi connectivity index (χ1) is 8.21. The number of hydrogen-bond acceptors (Lipinski definition) is 1. The molecule has 1 saturated carbocycles. The molecule has 1 fully saturated rings. The van der Waals surface area contributed by atoms with Gasteiger partial charge in [-0.05, 0) is 24.3 Å². The van der Waals surface area contributed by atoms with Gasteiger partial charge in [-0.25, -0.2) is 0 Å². The molecule has 94 valence electrons. The molecule has 0 aromatic heterocycles. The highest BCUT2D eigenvalue weighted by atomic mass is 14.7. The van der Waals surface area contributed by atoms with Crippen molar-refractivity contribution in [1.82, 2.24) is 0 Å². The molecule has 0 radical (unpaired) electrons. The quantitative estimate of drug-likeness (QED) is 0.769. The lowest BCUT2D eigenvalue weighted by atomic mass is 9.79. The van der Waals surface area contributed by atoms with Crippen molar-refractivity contribution < 1.29 is 0 Å². The predicted molar refractivity (Wildman–Crippen MR) is 73.8 cm³/mol. The molecule has 2 unspecified atom stereocenters. The summed E-state index contributed by atoms with van der Waals surface area (Å²) in [4.78, 5) is 0. The van der Waals surface area contributed by atoms with Crippen LogP contribution in [0, 0.1) is 5.92 Å². The monoisotopic (exact) mass is 231 g/mol. The van der Waals surface area contributed by atoms with E-state index < -0.39 is 0 Å². The molecular formula is C16H25N. The van der Waals surface area contributed by atoms with Gasteiger partial charge in [-0.2, -0.15) is 0 Å². The van der Waals surface area contributed by atoms with E-state index >= 15 is 0 Å². The molecule has 0 bridgehead atoms. The first-order valence-corrected chi connectivity index (χ1v) is 7.05. The van der Waals surface area contributed by atoms with Crippen molar-refractivity contribution in [2.24, 2.45) is 11.7 Å². The van der Waals surface area contributed by atoms with Crippen LogP contribution in [0.4, 0.5) is 0 Å². The zero-order chi connectivity index (χ0) is 12.1. The molecule has 2 N–H and O–H groups in total. The molecule has 1 nitrogen and oxygen atoms in total. The van der Waals surface area contributed by atoms with Gasteiger partial charge in [0.05, 0.1) is 0 Å². The summed E-state index contributed by atoms with van der Waals surface area (Å²) in [6.45, 7) is 2.36. The predicted octanol–water partition coefficient (Wildman–Crippen LogP) is 4.22. The van der Waals surface area contributed by atoms with Gasteiger partial charge in [0.15, 0.2) is 0 Å². The smallest absolute Gasteiger partial charge is 0.0412 e. The highest BCUT2D eigenvalue weighted by Gasteiger charge is 2.29. The molecule has 1 aliphatic rings. The lowest BCUT2D eigenvalue weighted by Crippen LogP contribution is -2.38. The average molecular weight is 231 g/mol. The number of rotatable bonds is 1. The Labute approximate surface area is 105 Å². The van der Waals surface area contributed by atoms with Crippen LogP contribution in [0.3, 0.4) is 0 Å². The molecule has 0 saturated heterocycles. The maximum absolute atomic E-state index is 6.71. The second-order valence-electron chi connectivity index (χ2n) is 5.78. The lowest BCUT2D eigenvalue weighted by molar-refractivity contribution is 0.307. The van der Waals surface area contributed by atoms with Crippen molar-refractivity contribution in [2.45, 2.75) is 57.4 Å². The molecule has 1 aliphatic carbocycles. The summed E-state index contributed by atoms with van der Waals surface area (Å²) in [6.07, 6.45) is 9.00. The van der Waals surface area contributed by atoms with Crippen LogP contribution in [-0.4, -0.2) is 0 Å². The van der Waals surface area contributed by atoms with Gasteiger partial charge < -0.3 is 5.73 Å². The van der Waals surface area contributed by atoms with E-state index in [0.717, 1.165) is 18.8 Å². The molecule has 2 rings (SSSR count). The Morgan fingerprint density at radius 2 is 1.76 bits per heavy atom.